The smallest absolute Gasteiger partial charge is 0.159 e. The lowest BCUT2D eigenvalue weighted by atomic mass is 9.79. The van der Waals surface area contributed by atoms with E-state index in [1.54, 1.807) is 6.20 Å². The molecular formula is C24H26N4. The molecule has 4 aromatic heterocycles. The molecule has 0 amide bonds. The highest BCUT2D eigenvalue weighted by molar-refractivity contribution is 5.78. The molecule has 0 radical (unpaired) electrons. The molecule has 0 aliphatic rings. The maximum absolute atomic E-state index is 4.60. The lowest BCUT2D eigenvalue weighted by Crippen LogP contribution is -2.21. The third-order valence-electron chi connectivity index (χ3n) is 5.37. The van der Waals surface area contributed by atoms with Crippen molar-refractivity contribution < 1.29 is 0 Å². The van der Waals surface area contributed by atoms with Gasteiger partial charge in [-0.1, -0.05) is 34.6 Å². The fourth-order valence-electron chi connectivity index (χ4n) is 3.53. The van der Waals surface area contributed by atoms with E-state index in [4.69, 9.17) is 0 Å². The summed E-state index contributed by atoms with van der Waals surface area (Å²) in [7, 11) is 0. The predicted octanol–water partition coefficient (Wildman–Crippen LogP) is 5.39. The van der Waals surface area contributed by atoms with Gasteiger partial charge in [0.1, 0.15) is 0 Å². The average molecular weight is 371 g/mol. The van der Waals surface area contributed by atoms with E-state index in [2.05, 4.69) is 72.8 Å². The van der Waals surface area contributed by atoms with Gasteiger partial charge in [0, 0.05) is 35.6 Å². The molecule has 4 aromatic rings. The van der Waals surface area contributed by atoms with E-state index in [0.717, 1.165) is 28.4 Å². The quantitative estimate of drug-likeness (QED) is 0.485. The van der Waals surface area contributed by atoms with Crippen LogP contribution in [0.2, 0.25) is 0 Å². The summed E-state index contributed by atoms with van der Waals surface area (Å²) in [5, 5.41) is 2.22. The first-order chi connectivity index (χ1) is 13.2. The molecule has 0 aromatic carbocycles. The maximum atomic E-state index is 4.60. The fourth-order valence-corrected chi connectivity index (χ4v) is 3.53. The van der Waals surface area contributed by atoms with Crippen molar-refractivity contribution >= 4 is 21.9 Å². The topological polar surface area (TPSA) is 51.6 Å². The minimum Gasteiger partial charge on any atom is -0.262 e. The molecule has 0 N–H and O–H groups in total. The highest BCUT2D eigenvalue weighted by atomic mass is 14.8. The van der Waals surface area contributed by atoms with Crippen molar-refractivity contribution in [2.24, 2.45) is 0 Å². The molecule has 0 fully saturated rings. The summed E-state index contributed by atoms with van der Waals surface area (Å²) >= 11 is 0. The predicted molar refractivity (Wildman–Crippen MR) is 115 cm³/mol. The van der Waals surface area contributed by atoms with Crippen molar-refractivity contribution in [3.05, 3.63) is 71.9 Å². The van der Waals surface area contributed by atoms with Crippen LogP contribution in [0.15, 0.2) is 55.2 Å². The Morgan fingerprint density at radius 1 is 0.750 bits per heavy atom. The van der Waals surface area contributed by atoms with E-state index >= 15 is 0 Å². The van der Waals surface area contributed by atoms with Crippen molar-refractivity contribution in [1.82, 2.24) is 19.9 Å². The van der Waals surface area contributed by atoms with Gasteiger partial charge in [0.05, 0.1) is 11.7 Å². The van der Waals surface area contributed by atoms with Crippen LogP contribution in [0.5, 0.6) is 0 Å². The largest absolute Gasteiger partial charge is 0.262 e. The highest BCUT2D eigenvalue weighted by Crippen LogP contribution is 2.30. The van der Waals surface area contributed by atoms with Crippen LogP contribution in [-0.2, 0) is 17.3 Å². The first kappa shape index (κ1) is 18.5. The molecule has 142 valence electrons. The molecule has 0 aliphatic carbocycles. The summed E-state index contributed by atoms with van der Waals surface area (Å²) in [6.07, 6.45) is 10.4. The maximum Gasteiger partial charge on any atom is 0.159 e. The lowest BCUT2D eigenvalue weighted by molar-refractivity contribution is 0.521. The molecule has 4 heteroatoms. The lowest BCUT2D eigenvalue weighted by Gasteiger charge is -2.25. The van der Waals surface area contributed by atoms with Crippen LogP contribution in [0.3, 0.4) is 0 Å². The highest BCUT2D eigenvalue weighted by Gasteiger charge is 2.23. The minimum atomic E-state index is -0.0606. The van der Waals surface area contributed by atoms with Gasteiger partial charge in [-0.2, -0.15) is 0 Å². The number of rotatable bonds is 3. The molecular weight excluding hydrogens is 344 g/mol. The van der Waals surface area contributed by atoms with Crippen LogP contribution in [0.4, 0.5) is 0 Å². The molecule has 0 saturated heterocycles. The van der Waals surface area contributed by atoms with Crippen LogP contribution < -0.4 is 0 Å². The number of hydrogen-bond acceptors (Lipinski definition) is 4. The molecule has 4 rings (SSSR count). The summed E-state index contributed by atoms with van der Waals surface area (Å²) in [6, 6.07) is 8.68. The van der Waals surface area contributed by atoms with Crippen LogP contribution >= 0.6 is 0 Å². The zero-order chi connectivity index (χ0) is 19.9. The van der Waals surface area contributed by atoms with Gasteiger partial charge in [-0.25, -0.2) is 9.97 Å². The van der Waals surface area contributed by atoms with Crippen molar-refractivity contribution in [1.29, 1.82) is 0 Å². The fraction of sp³-hybridized carbons (Fsp3) is 0.333. The average Bonchev–Trinajstić information content (AvgIpc) is 2.66. The van der Waals surface area contributed by atoms with E-state index < -0.39 is 0 Å². The number of hydrogen-bond donors (Lipinski definition) is 0. The van der Waals surface area contributed by atoms with E-state index in [1.165, 1.54) is 16.7 Å². The van der Waals surface area contributed by atoms with E-state index in [0.29, 0.717) is 0 Å². The summed E-state index contributed by atoms with van der Waals surface area (Å²) in [5.74, 6) is 0. The Hall–Kier alpha value is -2.88. The molecule has 28 heavy (non-hydrogen) atoms. The summed E-state index contributed by atoms with van der Waals surface area (Å²) < 4.78 is 0. The Balaban J connectivity index is 1.68. The molecule has 0 saturated carbocycles. The first-order valence-electron chi connectivity index (χ1n) is 9.68. The molecule has 0 atom stereocenters. The van der Waals surface area contributed by atoms with Gasteiger partial charge < -0.3 is 0 Å². The van der Waals surface area contributed by atoms with Gasteiger partial charge in [0.2, 0.25) is 0 Å². The second kappa shape index (κ2) is 6.62. The van der Waals surface area contributed by atoms with Crippen LogP contribution in [0.25, 0.3) is 21.9 Å². The molecule has 0 aliphatic heterocycles. The van der Waals surface area contributed by atoms with E-state index in [-0.39, 0.29) is 10.8 Å². The summed E-state index contributed by atoms with van der Waals surface area (Å²) in [5.41, 5.74) is 5.39. The Bertz CT molecular complexity index is 1160. The second-order valence-electron chi connectivity index (χ2n) is 9.22. The third-order valence-corrected chi connectivity index (χ3v) is 5.37. The van der Waals surface area contributed by atoms with Gasteiger partial charge in [-0.05, 0) is 58.2 Å². The summed E-state index contributed by atoms with van der Waals surface area (Å²) in [6.45, 7) is 11.1. The monoisotopic (exact) mass is 370 g/mol. The van der Waals surface area contributed by atoms with E-state index in [1.807, 2.05) is 30.9 Å². The Morgan fingerprint density at radius 3 is 2.25 bits per heavy atom. The summed E-state index contributed by atoms with van der Waals surface area (Å²) in [4.78, 5) is 17.9. The van der Waals surface area contributed by atoms with Crippen LogP contribution in [0.1, 0.15) is 51.3 Å². The van der Waals surface area contributed by atoms with Gasteiger partial charge in [-0.15, -0.1) is 0 Å². The number of fused-ring (bicyclic) bond motifs is 2. The van der Waals surface area contributed by atoms with Crippen molar-refractivity contribution in [3.8, 4) is 0 Å². The number of nitrogens with zero attached hydrogens (tertiary/aromatic N) is 4. The van der Waals surface area contributed by atoms with Crippen molar-refractivity contribution in [2.45, 2.75) is 51.9 Å². The van der Waals surface area contributed by atoms with E-state index in [9.17, 15) is 0 Å². The van der Waals surface area contributed by atoms with Gasteiger partial charge in [0.15, 0.2) is 5.65 Å². The first-order valence-corrected chi connectivity index (χ1v) is 9.68. The third kappa shape index (κ3) is 3.59. The zero-order valence-corrected chi connectivity index (χ0v) is 17.2. The van der Waals surface area contributed by atoms with Gasteiger partial charge >= 0.3 is 0 Å². The standard InChI is InChI=1S/C24H26N4/c1-23(2,3)19-10-18-8-16(12-27-22(18)28-13-19)11-24(4,5)20-9-17-6-7-25-15-21(17)26-14-20/h6-10,12-15H,11H2,1-5H3. The Morgan fingerprint density at radius 2 is 1.46 bits per heavy atom. The zero-order valence-electron chi connectivity index (χ0n) is 17.2. The van der Waals surface area contributed by atoms with Crippen molar-refractivity contribution in [2.75, 3.05) is 0 Å². The SMILES string of the molecule is CC(C)(C)c1cnc2ncc(CC(C)(C)c3cnc4cnccc4c3)cc2c1. The normalized spacial score (nSPS) is 12.6. The van der Waals surface area contributed by atoms with Gasteiger partial charge in [-0.3, -0.25) is 9.97 Å². The molecule has 0 bridgehead atoms. The van der Waals surface area contributed by atoms with Crippen LogP contribution in [-0.4, -0.2) is 19.9 Å². The van der Waals surface area contributed by atoms with Crippen LogP contribution in [0, 0.1) is 0 Å². The Labute approximate surface area is 166 Å². The second-order valence-corrected chi connectivity index (χ2v) is 9.22. The molecule has 0 unspecified atom stereocenters. The molecule has 0 spiro atoms. The Kier molecular flexibility index (Phi) is 4.37. The molecule has 4 heterocycles. The minimum absolute atomic E-state index is 0.0606. The number of aromatic nitrogens is 4. The van der Waals surface area contributed by atoms with Crippen molar-refractivity contribution in [3.63, 3.8) is 0 Å². The molecule has 4 nitrogen and oxygen atoms in total. The van der Waals surface area contributed by atoms with Gasteiger partial charge in [0.25, 0.3) is 0 Å². The number of pyridine rings is 4.